The van der Waals surface area contributed by atoms with Gasteiger partial charge in [-0.05, 0) is 31.6 Å². The van der Waals surface area contributed by atoms with Crippen LogP contribution in [0.2, 0.25) is 0 Å². The number of anilines is 1. The molecule has 92 valence electrons. The summed E-state index contributed by atoms with van der Waals surface area (Å²) in [6.07, 6.45) is 0. The van der Waals surface area contributed by atoms with E-state index in [2.05, 4.69) is 40.2 Å². The van der Waals surface area contributed by atoms with Crippen molar-refractivity contribution in [2.24, 2.45) is 5.92 Å². The average Bonchev–Trinajstić information content (AvgIpc) is 2.72. The van der Waals surface area contributed by atoms with Crippen LogP contribution in [-0.2, 0) is 0 Å². The average molecular weight is 232 g/mol. The summed E-state index contributed by atoms with van der Waals surface area (Å²) in [4.78, 5) is 10.1. The summed E-state index contributed by atoms with van der Waals surface area (Å²) in [6.45, 7) is 4.24. The van der Waals surface area contributed by atoms with E-state index in [1.54, 1.807) is 0 Å². The van der Waals surface area contributed by atoms with Gasteiger partial charge in [0.25, 0.3) is 0 Å². The van der Waals surface area contributed by atoms with Gasteiger partial charge in [0.1, 0.15) is 0 Å². The molecule has 0 radical (unpaired) electrons. The molecule has 0 aliphatic carbocycles. The third-order valence-electron chi connectivity index (χ3n) is 2.88. The van der Waals surface area contributed by atoms with E-state index in [9.17, 15) is 0 Å². The van der Waals surface area contributed by atoms with E-state index in [1.165, 1.54) is 0 Å². The van der Waals surface area contributed by atoms with Gasteiger partial charge in [-0.15, -0.1) is 0 Å². The number of nitrogens with zero attached hydrogens (tertiary/aromatic N) is 2. The van der Waals surface area contributed by atoms with Crippen molar-refractivity contribution in [3.8, 4) is 0 Å². The number of para-hydroxylation sites is 2. The van der Waals surface area contributed by atoms with Crippen molar-refractivity contribution in [2.75, 3.05) is 32.1 Å². The van der Waals surface area contributed by atoms with E-state index in [1.807, 2.05) is 25.2 Å². The highest BCUT2D eigenvalue weighted by molar-refractivity contribution is 5.77. The SMILES string of the molecule is CNCC(C)CN(C)c1nc2ccccc2[nH]1. The van der Waals surface area contributed by atoms with Crippen molar-refractivity contribution < 1.29 is 0 Å². The highest BCUT2D eigenvalue weighted by Gasteiger charge is 2.10. The van der Waals surface area contributed by atoms with Crippen molar-refractivity contribution in [2.45, 2.75) is 6.92 Å². The number of imidazole rings is 1. The van der Waals surface area contributed by atoms with Crippen molar-refractivity contribution in [1.29, 1.82) is 0 Å². The van der Waals surface area contributed by atoms with Crippen LogP contribution in [0, 0.1) is 5.92 Å². The summed E-state index contributed by atoms with van der Waals surface area (Å²) >= 11 is 0. The molecule has 1 atom stereocenters. The number of fused-ring (bicyclic) bond motifs is 1. The molecule has 1 heterocycles. The molecule has 0 amide bonds. The van der Waals surface area contributed by atoms with Crippen LogP contribution in [0.3, 0.4) is 0 Å². The number of aromatic nitrogens is 2. The molecule has 0 bridgehead atoms. The summed E-state index contributed by atoms with van der Waals surface area (Å²) in [7, 11) is 4.06. The fourth-order valence-electron chi connectivity index (χ4n) is 2.09. The number of hydrogen-bond acceptors (Lipinski definition) is 3. The first-order chi connectivity index (χ1) is 8.20. The minimum atomic E-state index is 0.596. The van der Waals surface area contributed by atoms with E-state index < -0.39 is 0 Å². The van der Waals surface area contributed by atoms with Gasteiger partial charge >= 0.3 is 0 Å². The second-order valence-electron chi connectivity index (χ2n) is 4.62. The van der Waals surface area contributed by atoms with Crippen LogP contribution in [-0.4, -0.2) is 37.2 Å². The summed E-state index contributed by atoms with van der Waals surface area (Å²) in [5, 5.41) is 3.19. The lowest BCUT2D eigenvalue weighted by molar-refractivity contribution is 0.539. The molecule has 0 spiro atoms. The molecular weight excluding hydrogens is 212 g/mol. The Morgan fingerprint density at radius 3 is 2.88 bits per heavy atom. The number of hydrogen-bond donors (Lipinski definition) is 2. The zero-order valence-corrected chi connectivity index (χ0v) is 10.7. The largest absolute Gasteiger partial charge is 0.345 e. The molecule has 0 saturated heterocycles. The molecule has 0 fully saturated rings. The summed E-state index contributed by atoms with van der Waals surface area (Å²) in [5.74, 6) is 1.53. The number of rotatable bonds is 5. The Labute approximate surface area is 102 Å². The highest BCUT2D eigenvalue weighted by Crippen LogP contribution is 2.16. The smallest absolute Gasteiger partial charge is 0.203 e. The molecule has 0 saturated carbocycles. The topological polar surface area (TPSA) is 44.0 Å². The number of aromatic amines is 1. The van der Waals surface area contributed by atoms with E-state index in [-0.39, 0.29) is 0 Å². The summed E-state index contributed by atoms with van der Waals surface area (Å²) in [6, 6.07) is 8.11. The van der Waals surface area contributed by atoms with Crippen molar-refractivity contribution in [1.82, 2.24) is 15.3 Å². The number of benzene rings is 1. The van der Waals surface area contributed by atoms with Gasteiger partial charge in [0.15, 0.2) is 0 Å². The minimum Gasteiger partial charge on any atom is -0.345 e. The van der Waals surface area contributed by atoms with Crippen LogP contribution in [0.5, 0.6) is 0 Å². The van der Waals surface area contributed by atoms with E-state index >= 15 is 0 Å². The Morgan fingerprint density at radius 2 is 2.18 bits per heavy atom. The van der Waals surface area contributed by atoms with Crippen LogP contribution in [0.25, 0.3) is 11.0 Å². The van der Waals surface area contributed by atoms with Crippen molar-refractivity contribution in [3.05, 3.63) is 24.3 Å². The maximum atomic E-state index is 4.58. The molecule has 17 heavy (non-hydrogen) atoms. The lowest BCUT2D eigenvalue weighted by Gasteiger charge is -2.20. The molecule has 4 nitrogen and oxygen atoms in total. The number of H-pyrrole nitrogens is 1. The van der Waals surface area contributed by atoms with Gasteiger partial charge in [0.05, 0.1) is 11.0 Å². The van der Waals surface area contributed by atoms with E-state index in [0.29, 0.717) is 5.92 Å². The first-order valence-electron chi connectivity index (χ1n) is 6.01. The van der Waals surface area contributed by atoms with Gasteiger partial charge in [-0.2, -0.15) is 0 Å². The lowest BCUT2D eigenvalue weighted by atomic mass is 10.2. The Morgan fingerprint density at radius 1 is 1.41 bits per heavy atom. The van der Waals surface area contributed by atoms with Gasteiger partial charge in [0, 0.05) is 13.6 Å². The number of nitrogens with one attached hydrogen (secondary N) is 2. The Kier molecular flexibility index (Phi) is 3.64. The van der Waals surface area contributed by atoms with Gasteiger partial charge in [-0.1, -0.05) is 19.1 Å². The van der Waals surface area contributed by atoms with E-state index in [4.69, 9.17) is 0 Å². The molecule has 2 N–H and O–H groups in total. The fourth-order valence-corrected chi connectivity index (χ4v) is 2.09. The molecule has 1 aromatic heterocycles. The molecular formula is C13H20N4. The Balaban J connectivity index is 2.10. The second kappa shape index (κ2) is 5.19. The lowest BCUT2D eigenvalue weighted by Crippen LogP contribution is -2.30. The van der Waals surface area contributed by atoms with Crippen LogP contribution in [0.1, 0.15) is 6.92 Å². The third-order valence-corrected chi connectivity index (χ3v) is 2.88. The normalized spacial score (nSPS) is 12.9. The van der Waals surface area contributed by atoms with Gasteiger partial charge in [-0.25, -0.2) is 4.98 Å². The molecule has 2 aromatic rings. The maximum Gasteiger partial charge on any atom is 0.203 e. The monoisotopic (exact) mass is 232 g/mol. The van der Waals surface area contributed by atoms with Gasteiger partial charge in [0.2, 0.25) is 5.95 Å². The minimum absolute atomic E-state index is 0.596. The highest BCUT2D eigenvalue weighted by atomic mass is 15.2. The predicted octanol–water partition coefficient (Wildman–Crippen LogP) is 1.85. The van der Waals surface area contributed by atoms with Gasteiger partial charge < -0.3 is 15.2 Å². The molecule has 0 aliphatic heterocycles. The standard InChI is InChI=1S/C13H20N4/c1-10(8-14-2)9-17(3)13-15-11-6-4-5-7-12(11)16-13/h4-7,10,14H,8-9H2,1-3H3,(H,15,16). The third kappa shape index (κ3) is 2.77. The summed E-state index contributed by atoms with van der Waals surface area (Å²) in [5.41, 5.74) is 2.12. The maximum absolute atomic E-state index is 4.58. The first-order valence-corrected chi connectivity index (χ1v) is 6.01. The van der Waals surface area contributed by atoms with Crippen molar-refractivity contribution >= 4 is 17.0 Å². The Hall–Kier alpha value is -1.55. The first kappa shape index (κ1) is 11.9. The molecule has 4 heteroatoms. The zero-order chi connectivity index (χ0) is 12.3. The molecule has 1 aromatic carbocycles. The molecule has 2 rings (SSSR count). The van der Waals surface area contributed by atoms with Crippen LogP contribution in [0.4, 0.5) is 5.95 Å². The van der Waals surface area contributed by atoms with Crippen molar-refractivity contribution in [3.63, 3.8) is 0 Å². The quantitative estimate of drug-likeness (QED) is 0.827. The zero-order valence-electron chi connectivity index (χ0n) is 10.7. The molecule has 0 aliphatic rings. The van der Waals surface area contributed by atoms with Crippen LogP contribution in [0.15, 0.2) is 24.3 Å². The summed E-state index contributed by atoms with van der Waals surface area (Å²) < 4.78 is 0. The second-order valence-corrected chi connectivity index (χ2v) is 4.62. The van der Waals surface area contributed by atoms with Crippen LogP contribution < -0.4 is 10.2 Å². The fraction of sp³-hybridized carbons (Fsp3) is 0.462. The van der Waals surface area contributed by atoms with Crippen LogP contribution >= 0.6 is 0 Å². The predicted molar refractivity (Wildman–Crippen MR) is 72.5 cm³/mol. The molecule has 1 unspecified atom stereocenters. The van der Waals surface area contributed by atoms with E-state index in [0.717, 1.165) is 30.1 Å². The van der Waals surface area contributed by atoms with Gasteiger partial charge in [-0.3, -0.25) is 0 Å². The Bertz CT molecular complexity index is 444.